The van der Waals surface area contributed by atoms with Gasteiger partial charge in [-0.15, -0.1) is 0 Å². The van der Waals surface area contributed by atoms with Crippen LogP contribution in [0.3, 0.4) is 0 Å². The second-order valence-corrected chi connectivity index (χ2v) is 8.02. The summed E-state index contributed by atoms with van der Waals surface area (Å²) in [6, 6.07) is 12.6. The maximum Gasteiger partial charge on any atom is 0.165 e. The first kappa shape index (κ1) is 19.9. The van der Waals surface area contributed by atoms with Gasteiger partial charge >= 0.3 is 0 Å². The van der Waals surface area contributed by atoms with Gasteiger partial charge in [0.15, 0.2) is 5.65 Å². The highest BCUT2D eigenvalue weighted by atomic mass is 16.5. The van der Waals surface area contributed by atoms with Crippen LogP contribution in [0.1, 0.15) is 37.6 Å². The van der Waals surface area contributed by atoms with Crippen LogP contribution in [0.4, 0.5) is 5.82 Å². The van der Waals surface area contributed by atoms with Crippen molar-refractivity contribution in [2.75, 3.05) is 44.7 Å². The van der Waals surface area contributed by atoms with Crippen molar-refractivity contribution >= 4 is 11.5 Å². The molecule has 0 saturated carbocycles. The van der Waals surface area contributed by atoms with Crippen molar-refractivity contribution in [3.05, 3.63) is 47.8 Å². The van der Waals surface area contributed by atoms with Crippen molar-refractivity contribution in [2.24, 2.45) is 0 Å². The van der Waals surface area contributed by atoms with Crippen molar-refractivity contribution in [3.63, 3.8) is 0 Å². The summed E-state index contributed by atoms with van der Waals surface area (Å²) in [6.07, 6.45) is 1.09. The van der Waals surface area contributed by atoms with Crippen LogP contribution in [0.15, 0.2) is 36.4 Å². The van der Waals surface area contributed by atoms with Crippen molar-refractivity contribution < 1.29 is 4.74 Å². The number of fused-ring (bicyclic) bond motifs is 1. The topological polar surface area (TPSA) is 54.7 Å². The summed E-state index contributed by atoms with van der Waals surface area (Å²) < 4.78 is 7.40. The molecule has 2 aromatic heterocycles. The Balaban J connectivity index is 1.59. The van der Waals surface area contributed by atoms with Gasteiger partial charge in [-0.05, 0) is 31.4 Å². The van der Waals surface area contributed by atoms with Gasteiger partial charge in [-0.2, -0.15) is 9.61 Å². The third kappa shape index (κ3) is 4.43. The number of rotatable bonds is 7. The molecule has 0 bridgehead atoms. The largest absolute Gasteiger partial charge is 0.379 e. The van der Waals surface area contributed by atoms with Crippen LogP contribution in [0.25, 0.3) is 16.8 Å². The molecule has 1 fully saturated rings. The maximum absolute atomic E-state index is 5.43. The fourth-order valence-corrected chi connectivity index (χ4v) is 3.85. The van der Waals surface area contributed by atoms with Gasteiger partial charge in [0, 0.05) is 37.0 Å². The van der Waals surface area contributed by atoms with Crippen LogP contribution in [-0.4, -0.2) is 58.9 Å². The van der Waals surface area contributed by atoms with Gasteiger partial charge in [-0.1, -0.05) is 44.2 Å². The minimum atomic E-state index is 0.354. The fourth-order valence-electron chi connectivity index (χ4n) is 3.85. The van der Waals surface area contributed by atoms with Crippen molar-refractivity contribution in [2.45, 2.75) is 33.1 Å². The van der Waals surface area contributed by atoms with Crippen molar-refractivity contribution in [1.29, 1.82) is 0 Å². The SMILES string of the molecule is Cc1nn2c(NCCCN3CCOCC3)cc(C(C)C)nc2c1-c1ccccc1. The van der Waals surface area contributed by atoms with E-state index in [1.54, 1.807) is 0 Å². The van der Waals surface area contributed by atoms with Gasteiger partial charge in [0.05, 0.1) is 18.9 Å². The number of hydrogen-bond acceptors (Lipinski definition) is 5. The quantitative estimate of drug-likeness (QED) is 0.616. The highest BCUT2D eigenvalue weighted by Crippen LogP contribution is 2.30. The van der Waals surface area contributed by atoms with Crippen LogP contribution in [0, 0.1) is 6.92 Å². The molecule has 0 atom stereocenters. The molecule has 3 heterocycles. The number of nitrogens with zero attached hydrogens (tertiary/aromatic N) is 4. The molecule has 1 aromatic carbocycles. The monoisotopic (exact) mass is 393 g/mol. The Morgan fingerprint density at radius 2 is 1.90 bits per heavy atom. The van der Waals surface area contributed by atoms with E-state index in [2.05, 4.69) is 61.3 Å². The number of hydrogen-bond donors (Lipinski definition) is 1. The molecule has 29 heavy (non-hydrogen) atoms. The molecule has 0 unspecified atom stereocenters. The Morgan fingerprint density at radius 1 is 1.14 bits per heavy atom. The molecule has 3 aromatic rings. The molecular weight excluding hydrogens is 362 g/mol. The number of anilines is 1. The van der Waals surface area contributed by atoms with Crippen molar-refractivity contribution in [3.8, 4) is 11.1 Å². The normalized spacial score (nSPS) is 15.3. The predicted molar refractivity (Wildman–Crippen MR) is 118 cm³/mol. The van der Waals surface area contributed by atoms with E-state index in [1.807, 2.05) is 10.6 Å². The standard InChI is InChI=1S/C23H31N5O/c1-17(2)20-16-21(24-10-7-11-27-12-14-29-15-13-27)28-23(25-20)22(18(3)26-28)19-8-5-4-6-9-19/h4-6,8-9,16-17,24H,7,10-15H2,1-3H3. The molecule has 0 spiro atoms. The zero-order valence-corrected chi connectivity index (χ0v) is 17.7. The van der Waals surface area contributed by atoms with E-state index in [9.17, 15) is 0 Å². The minimum Gasteiger partial charge on any atom is -0.379 e. The second-order valence-electron chi connectivity index (χ2n) is 8.02. The fraction of sp³-hybridized carbons (Fsp3) is 0.478. The molecular formula is C23H31N5O. The lowest BCUT2D eigenvalue weighted by molar-refractivity contribution is 0.0378. The van der Waals surface area contributed by atoms with Crippen LogP contribution in [0.2, 0.25) is 0 Å². The molecule has 4 rings (SSSR count). The summed E-state index contributed by atoms with van der Waals surface area (Å²) in [4.78, 5) is 7.44. The number of morpholine rings is 1. The lowest BCUT2D eigenvalue weighted by Gasteiger charge is -2.26. The summed E-state index contributed by atoms with van der Waals surface area (Å²) >= 11 is 0. The molecule has 1 aliphatic rings. The van der Waals surface area contributed by atoms with E-state index in [1.165, 1.54) is 0 Å². The number of benzene rings is 1. The summed E-state index contributed by atoms with van der Waals surface area (Å²) in [5.74, 6) is 1.37. The van der Waals surface area contributed by atoms with Gasteiger partial charge in [0.1, 0.15) is 5.82 Å². The molecule has 154 valence electrons. The first-order valence-corrected chi connectivity index (χ1v) is 10.6. The highest BCUT2D eigenvalue weighted by molar-refractivity contribution is 5.80. The molecule has 0 radical (unpaired) electrons. The third-order valence-corrected chi connectivity index (χ3v) is 5.50. The second kappa shape index (κ2) is 8.93. The Labute approximate surface area is 172 Å². The van der Waals surface area contributed by atoms with E-state index in [0.717, 1.165) is 79.8 Å². The van der Waals surface area contributed by atoms with Gasteiger partial charge in [-0.3, -0.25) is 4.90 Å². The number of ether oxygens (including phenoxy) is 1. The van der Waals surface area contributed by atoms with Crippen LogP contribution in [-0.2, 0) is 4.74 Å². The summed E-state index contributed by atoms with van der Waals surface area (Å²) in [6.45, 7) is 12.2. The third-order valence-electron chi connectivity index (χ3n) is 5.50. The summed E-state index contributed by atoms with van der Waals surface area (Å²) in [5, 5.41) is 8.44. The Kier molecular flexibility index (Phi) is 6.11. The van der Waals surface area contributed by atoms with E-state index < -0.39 is 0 Å². The number of aromatic nitrogens is 3. The van der Waals surface area contributed by atoms with E-state index in [0.29, 0.717) is 5.92 Å². The molecule has 0 amide bonds. The van der Waals surface area contributed by atoms with Gasteiger partial charge in [-0.25, -0.2) is 4.98 Å². The lowest BCUT2D eigenvalue weighted by Crippen LogP contribution is -2.37. The smallest absolute Gasteiger partial charge is 0.165 e. The maximum atomic E-state index is 5.43. The first-order valence-electron chi connectivity index (χ1n) is 10.6. The van der Waals surface area contributed by atoms with E-state index in [-0.39, 0.29) is 0 Å². The Morgan fingerprint density at radius 3 is 2.62 bits per heavy atom. The molecule has 1 aliphatic heterocycles. The van der Waals surface area contributed by atoms with E-state index >= 15 is 0 Å². The molecule has 6 nitrogen and oxygen atoms in total. The lowest BCUT2D eigenvalue weighted by atomic mass is 10.1. The van der Waals surface area contributed by atoms with Gasteiger partial charge in [0.25, 0.3) is 0 Å². The Hall–Kier alpha value is -2.44. The van der Waals surface area contributed by atoms with Crippen LogP contribution < -0.4 is 5.32 Å². The predicted octanol–water partition coefficient (Wildman–Crippen LogP) is 3.96. The van der Waals surface area contributed by atoms with Crippen molar-refractivity contribution in [1.82, 2.24) is 19.5 Å². The summed E-state index contributed by atoms with van der Waals surface area (Å²) in [5.41, 5.74) is 5.29. The number of aryl methyl sites for hydroxylation is 1. The molecule has 6 heteroatoms. The van der Waals surface area contributed by atoms with E-state index in [4.69, 9.17) is 14.8 Å². The van der Waals surface area contributed by atoms with Gasteiger partial charge in [0.2, 0.25) is 0 Å². The van der Waals surface area contributed by atoms with Crippen LogP contribution in [0.5, 0.6) is 0 Å². The highest BCUT2D eigenvalue weighted by Gasteiger charge is 2.17. The molecule has 0 aliphatic carbocycles. The van der Waals surface area contributed by atoms with Gasteiger partial charge < -0.3 is 10.1 Å². The minimum absolute atomic E-state index is 0.354. The number of nitrogens with one attached hydrogen (secondary N) is 1. The average Bonchev–Trinajstić information content (AvgIpc) is 3.08. The zero-order chi connectivity index (χ0) is 20.2. The van der Waals surface area contributed by atoms with Crippen LogP contribution >= 0.6 is 0 Å². The Bertz CT molecular complexity index is 945. The first-order chi connectivity index (χ1) is 14.1. The molecule has 1 N–H and O–H groups in total. The zero-order valence-electron chi connectivity index (χ0n) is 17.7. The summed E-state index contributed by atoms with van der Waals surface area (Å²) in [7, 11) is 0. The molecule has 1 saturated heterocycles. The average molecular weight is 394 g/mol.